The Morgan fingerprint density at radius 1 is 1.42 bits per heavy atom. The minimum absolute atomic E-state index is 0.365. The van der Waals surface area contributed by atoms with Gasteiger partial charge < -0.3 is 4.74 Å². The van der Waals surface area contributed by atoms with Crippen molar-refractivity contribution in [2.24, 2.45) is 17.3 Å². The first kappa shape index (κ1) is 8.83. The number of ether oxygens (including phenoxy) is 1. The maximum atomic E-state index is 5.59. The maximum absolute atomic E-state index is 5.59. The van der Waals surface area contributed by atoms with Crippen LogP contribution < -0.4 is 0 Å². The summed E-state index contributed by atoms with van der Waals surface area (Å²) in [5.74, 6) is 1.65. The molecule has 0 spiro atoms. The SMILES string of the molecule is CC1(C)[C@@H]2CC[C@H]1C(OCCl)C2. The highest BCUT2D eigenvalue weighted by atomic mass is 35.5. The van der Waals surface area contributed by atoms with Crippen LogP contribution in [0.4, 0.5) is 0 Å². The van der Waals surface area contributed by atoms with Crippen molar-refractivity contribution < 1.29 is 4.74 Å². The molecule has 0 amide bonds. The molecule has 2 fully saturated rings. The van der Waals surface area contributed by atoms with Crippen LogP contribution in [0.5, 0.6) is 0 Å². The van der Waals surface area contributed by atoms with Crippen LogP contribution in [-0.4, -0.2) is 12.2 Å². The fourth-order valence-corrected chi connectivity index (χ4v) is 3.39. The van der Waals surface area contributed by atoms with Crippen LogP contribution in [0.3, 0.4) is 0 Å². The van der Waals surface area contributed by atoms with Crippen LogP contribution in [0.2, 0.25) is 0 Å². The number of alkyl halides is 1. The first-order valence-electron chi connectivity index (χ1n) is 4.84. The molecule has 0 radical (unpaired) electrons. The van der Waals surface area contributed by atoms with E-state index in [1.54, 1.807) is 0 Å². The van der Waals surface area contributed by atoms with Gasteiger partial charge in [-0.05, 0) is 36.5 Å². The minimum atomic E-state index is 0.365. The molecule has 1 nitrogen and oxygen atoms in total. The molecule has 2 heteroatoms. The molecule has 2 saturated carbocycles. The fourth-order valence-electron chi connectivity index (χ4n) is 3.22. The van der Waals surface area contributed by atoms with Crippen molar-refractivity contribution in [3.05, 3.63) is 0 Å². The molecule has 2 aliphatic rings. The molecule has 2 rings (SSSR count). The number of hydrogen-bond donors (Lipinski definition) is 0. The third-order valence-electron chi connectivity index (χ3n) is 4.08. The summed E-state index contributed by atoms with van der Waals surface area (Å²) in [6.07, 6.45) is 4.44. The van der Waals surface area contributed by atoms with Gasteiger partial charge in [-0.15, -0.1) is 0 Å². The van der Waals surface area contributed by atoms with E-state index >= 15 is 0 Å². The Balaban J connectivity index is 2.08. The normalized spacial score (nSPS) is 43.8. The highest BCUT2D eigenvalue weighted by Gasteiger charge is 2.53. The molecule has 0 aromatic rings. The quantitative estimate of drug-likeness (QED) is 0.606. The molecule has 12 heavy (non-hydrogen) atoms. The van der Waals surface area contributed by atoms with Gasteiger partial charge in [-0.25, -0.2) is 0 Å². The second kappa shape index (κ2) is 2.88. The van der Waals surface area contributed by atoms with Crippen molar-refractivity contribution in [1.82, 2.24) is 0 Å². The molecule has 70 valence electrons. The van der Waals surface area contributed by atoms with Gasteiger partial charge in [0.2, 0.25) is 0 Å². The van der Waals surface area contributed by atoms with Crippen molar-refractivity contribution in [3.63, 3.8) is 0 Å². The zero-order valence-corrected chi connectivity index (χ0v) is 8.60. The number of rotatable bonds is 2. The molecular weight excluding hydrogens is 172 g/mol. The molecular formula is C10H17ClO. The molecule has 3 atom stereocenters. The summed E-state index contributed by atoms with van der Waals surface area (Å²) < 4.78 is 5.54. The molecule has 0 saturated heterocycles. The van der Waals surface area contributed by atoms with Crippen molar-refractivity contribution in [2.75, 3.05) is 6.07 Å². The Kier molecular flexibility index (Phi) is 2.12. The first-order valence-corrected chi connectivity index (χ1v) is 5.37. The molecule has 0 aromatic carbocycles. The van der Waals surface area contributed by atoms with Gasteiger partial charge in [-0.3, -0.25) is 0 Å². The second-order valence-corrected chi connectivity index (χ2v) is 4.97. The molecule has 0 N–H and O–H groups in total. The average molecular weight is 189 g/mol. The van der Waals surface area contributed by atoms with Crippen molar-refractivity contribution in [1.29, 1.82) is 0 Å². The second-order valence-electron chi connectivity index (χ2n) is 4.75. The smallest absolute Gasteiger partial charge is 0.121 e. The van der Waals surface area contributed by atoms with Crippen LogP contribution in [0.15, 0.2) is 0 Å². The lowest BCUT2D eigenvalue weighted by Gasteiger charge is -2.25. The van der Waals surface area contributed by atoms with Crippen LogP contribution in [0.25, 0.3) is 0 Å². The maximum Gasteiger partial charge on any atom is 0.121 e. The summed E-state index contributed by atoms with van der Waals surface area (Å²) >= 11 is 5.59. The number of fused-ring (bicyclic) bond motifs is 2. The fraction of sp³-hybridized carbons (Fsp3) is 1.00. The molecule has 0 heterocycles. The summed E-state index contributed by atoms with van der Waals surface area (Å²) in [7, 11) is 0. The Bertz CT molecular complexity index is 179. The molecule has 2 aliphatic carbocycles. The van der Waals surface area contributed by atoms with Crippen LogP contribution in [0.1, 0.15) is 33.1 Å². The van der Waals surface area contributed by atoms with Crippen LogP contribution >= 0.6 is 11.6 Å². The van der Waals surface area contributed by atoms with E-state index < -0.39 is 0 Å². The van der Waals surface area contributed by atoms with Gasteiger partial charge in [-0.2, -0.15) is 0 Å². The lowest BCUT2D eigenvalue weighted by atomic mass is 9.82. The Labute approximate surface area is 79.4 Å². The van der Waals surface area contributed by atoms with Gasteiger partial charge >= 0.3 is 0 Å². The van der Waals surface area contributed by atoms with E-state index in [1.807, 2.05) is 0 Å². The molecule has 1 unspecified atom stereocenters. The standard InChI is InChI=1S/C10H17ClO/c1-10(2)7-3-4-8(10)9(5-7)12-6-11/h7-9H,3-6H2,1-2H3/t7-,8+,9?/m1/s1. The highest BCUT2D eigenvalue weighted by molar-refractivity contribution is 6.17. The largest absolute Gasteiger partial charge is 0.362 e. The zero-order valence-electron chi connectivity index (χ0n) is 7.85. The molecule has 0 aliphatic heterocycles. The van der Waals surface area contributed by atoms with Crippen molar-refractivity contribution >= 4 is 11.6 Å². The summed E-state index contributed by atoms with van der Waals surface area (Å²) in [5.41, 5.74) is 0.511. The van der Waals surface area contributed by atoms with E-state index in [0.29, 0.717) is 17.6 Å². The summed E-state index contributed by atoms with van der Waals surface area (Å²) in [4.78, 5) is 0. The van der Waals surface area contributed by atoms with E-state index in [9.17, 15) is 0 Å². The third-order valence-corrected chi connectivity index (χ3v) is 4.20. The minimum Gasteiger partial charge on any atom is -0.362 e. The average Bonchev–Trinajstić information content (AvgIpc) is 2.41. The summed E-state index contributed by atoms with van der Waals surface area (Å²) in [6, 6.07) is 0.365. The van der Waals surface area contributed by atoms with Gasteiger partial charge in [-0.1, -0.05) is 25.4 Å². The van der Waals surface area contributed by atoms with Gasteiger partial charge in [0, 0.05) is 0 Å². The van der Waals surface area contributed by atoms with Crippen LogP contribution in [0, 0.1) is 17.3 Å². The lowest BCUT2D eigenvalue weighted by Crippen LogP contribution is -2.24. The molecule has 2 bridgehead atoms. The number of halogens is 1. The number of hydrogen-bond acceptors (Lipinski definition) is 1. The Morgan fingerprint density at radius 3 is 2.58 bits per heavy atom. The highest BCUT2D eigenvalue weighted by Crippen LogP contribution is 2.58. The van der Waals surface area contributed by atoms with Gasteiger partial charge in [0.1, 0.15) is 6.07 Å². The zero-order chi connectivity index (χ0) is 8.77. The predicted octanol–water partition coefficient (Wildman–Crippen LogP) is 3.02. The first-order chi connectivity index (χ1) is 5.66. The summed E-state index contributed by atoms with van der Waals surface area (Å²) in [5, 5.41) is 0. The predicted molar refractivity (Wildman–Crippen MR) is 50.2 cm³/mol. The van der Waals surface area contributed by atoms with E-state index in [2.05, 4.69) is 13.8 Å². The van der Waals surface area contributed by atoms with Crippen molar-refractivity contribution in [2.45, 2.75) is 39.2 Å². The van der Waals surface area contributed by atoms with Crippen molar-refractivity contribution in [3.8, 4) is 0 Å². The van der Waals surface area contributed by atoms with E-state index in [1.165, 1.54) is 19.3 Å². The van der Waals surface area contributed by atoms with Gasteiger partial charge in [0.15, 0.2) is 0 Å². The topological polar surface area (TPSA) is 9.23 Å². The lowest BCUT2D eigenvalue weighted by molar-refractivity contribution is 0.0327. The van der Waals surface area contributed by atoms with E-state index in [0.717, 1.165) is 11.8 Å². The third kappa shape index (κ3) is 1.10. The summed E-state index contributed by atoms with van der Waals surface area (Å²) in [6.45, 7) is 4.76. The van der Waals surface area contributed by atoms with Gasteiger partial charge in [0.25, 0.3) is 0 Å². The Morgan fingerprint density at radius 2 is 2.17 bits per heavy atom. The Hall–Kier alpha value is 0.250. The van der Waals surface area contributed by atoms with E-state index in [-0.39, 0.29) is 0 Å². The van der Waals surface area contributed by atoms with Gasteiger partial charge in [0.05, 0.1) is 6.10 Å². The monoisotopic (exact) mass is 188 g/mol. The van der Waals surface area contributed by atoms with Crippen LogP contribution in [-0.2, 0) is 4.74 Å². The molecule has 0 aromatic heterocycles. The van der Waals surface area contributed by atoms with E-state index in [4.69, 9.17) is 16.3 Å².